The van der Waals surface area contributed by atoms with Gasteiger partial charge in [0, 0.05) is 31.4 Å². The number of rotatable bonds is 9. The van der Waals surface area contributed by atoms with Crippen molar-refractivity contribution in [3.63, 3.8) is 0 Å². The number of benzene rings is 1. The number of unbranched alkanes of at least 4 members (excludes halogenated alkanes) is 1. The molecule has 0 heterocycles. The molecule has 0 spiro atoms. The maximum absolute atomic E-state index is 11.9. The van der Waals surface area contributed by atoms with E-state index in [0.717, 1.165) is 17.8 Å². The van der Waals surface area contributed by atoms with E-state index in [9.17, 15) is 9.59 Å². The van der Waals surface area contributed by atoms with E-state index in [1.807, 2.05) is 24.3 Å². The van der Waals surface area contributed by atoms with E-state index < -0.39 is 5.41 Å². The fraction of sp³-hybridized carbons (Fsp3) is 0.529. The number of amides is 1. The van der Waals surface area contributed by atoms with E-state index in [1.165, 1.54) is 0 Å². The van der Waals surface area contributed by atoms with Crippen LogP contribution in [0.25, 0.3) is 0 Å². The molecule has 0 aliphatic carbocycles. The Hall–Kier alpha value is -2.12. The molecule has 7 heteroatoms. The SMILES string of the molecule is CNNc1ccc(NC(=O)CCCCNOC(=O)C(C)(C)C)cc1. The van der Waals surface area contributed by atoms with Crippen LogP contribution in [0.1, 0.15) is 40.0 Å². The summed E-state index contributed by atoms with van der Waals surface area (Å²) in [6.45, 7) is 5.91. The molecule has 24 heavy (non-hydrogen) atoms. The van der Waals surface area contributed by atoms with Crippen molar-refractivity contribution in [3.05, 3.63) is 24.3 Å². The number of hydrogen-bond donors (Lipinski definition) is 4. The highest BCUT2D eigenvalue weighted by Crippen LogP contribution is 2.14. The number of hydroxylamine groups is 1. The zero-order valence-electron chi connectivity index (χ0n) is 14.9. The van der Waals surface area contributed by atoms with E-state index in [1.54, 1.807) is 27.8 Å². The molecule has 1 amide bonds. The maximum atomic E-state index is 11.9. The fourth-order valence-corrected chi connectivity index (χ4v) is 1.76. The first-order valence-corrected chi connectivity index (χ1v) is 8.09. The molecule has 134 valence electrons. The highest BCUT2D eigenvalue weighted by molar-refractivity contribution is 5.90. The average Bonchev–Trinajstić information content (AvgIpc) is 2.51. The third-order valence-electron chi connectivity index (χ3n) is 3.15. The van der Waals surface area contributed by atoms with Gasteiger partial charge in [0.1, 0.15) is 0 Å². The quantitative estimate of drug-likeness (QED) is 0.409. The monoisotopic (exact) mass is 336 g/mol. The van der Waals surface area contributed by atoms with E-state index in [-0.39, 0.29) is 11.9 Å². The van der Waals surface area contributed by atoms with Crippen LogP contribution in [0.3, 0.4) is 0 Å². The highest BCUT2D eigenvalue weighted by atomic mass is 16.7. The first-order chi connectivity index (χ1) is 11.3. The van der Waals surface area contributed by atoms with Crippen LogP contribution >= 0.6 is 0 Å². The summed E-state index contributed by atoms with van der Waals surface area (Å²) in [5.74, 6) is -0.326. The van der Waals surface area contributed by atoms with Crippen molar-refractivity contribution >= 4 is 23.3 Å². The van der Waals surface area contributed by atoms with Crippen molar-refractivity contribution < 1.29 is 14.4 Å². The summed E-state index contributed by atoms with van der Waals surface area (Å²) < 4.78 is 0. The lowest BCUT2D eigenvalue weighted by atomic mass is 9.98. The van der Waals surface area contributed by atoms with Gasteiger partial charge >= 0.3 is 5.97 Å². The zero-order valence-corrected chi connectivity index (χ0v) is 14.9. The molecule has 0 saturated carbocycles. The molecular weight excluding hydrogens is 308 g/mol. The van der Waals surface area contributed by atoms with Gasteiger partial charge in [-0.1, -0.05) is 0 Å². The van der Waals surface area contributed by atoms with Crippen LogP contribution in [-0.2, 0) is 14.4 Å². The summed E-state index contributed by atoms with van der Waals surface area (Å²) in [5, 5.41) is 2.85. The second kappa shape index (κ2) is 9.89. The van der Waals surface area contributed by atoms with Crippen molar-refractivity contribution in [1.29, 1.82) is 0 Å². The summed E-state index contributed by atoms with van der Waals surface area (Å²) >= 11 is 0. The normalized spacial score (nSPS) is 11.0. The van der Waals surface area contributed by atoms with Gasteiger partial charge in [-0.25, -0.2) is 10.2 Å². The molecule has 0 aromatic heterocycles. The van der Waals surface area contributed by atoms with Crippen LogP contribution in [0, 0.1) is 5.41 Å². The molecule has 1 aromatic carbocycles. The van der Waals surface area contributed by atoms with Crippen LogP contribution < -0.4 is 21.6 Å². The lowest BCUT2D eigenvalue weighted by Crippen LogP contribution is -2.30. The van der Waals surface area contributed by atoms with Gasteiger partial charge in [0.25, 0.3) is 0 Å². The number of anilines is 2. The molecule has 0 atom stereocenters. The van der Waals surface area contributed by atoms with Crippen LogP contribution in [0.5, 0.6) is 0 Å². The molecule has 0 aliphatic heterocycles. The molecular formula is C17H28N4O3. The second-order valence-corrected chi connectivity index (χ2v) is 6.49. The molecule has 0 fully saturated rings. The first-order valence-electron chi connectivity index (χ1n) is 8.09. The van der Waals surface area contributed by atoms with Crippen LogP contribution in [-0.4, -0.2) is 25.5 Å². The molecule has 0 bridgehead atoms. The number of hydrogen-bond acceptors (Lipinski definition) is 6. The Morgan fingerprint density at radius 2 is 1.67 bits per heavy atom. The Labute approximate surface area is 143 Å². The number of carbonyl (C=O) groups is 2. The van der Waals surface area contributed by atoms with Crippen molar-refractivity contribution in [3.8, 4) is 0 Å². The Kier molecular flexibility index (Phi) is 8.21. The smallest absolute Gasteiger partial charge is 0.329 e. The lowest BCUT2D eigenvalue weighted by Gasteiger charge is -2.16. The van der Waals surface area contributed by atoms with Gasteiger partial charge in [-0.2, -0.15) is 5.48 Å². The van der Waals surface area contributed by atoms with Crippen molar-refractivity contribution in [2.75, 3.05) is 24.3 Å². The third-order valence-corrected chi connectivity index (χ3v) is 3.15. The Bertz CT molecular complexity index is 524. The highest BCUT2D eigenvalue weighted by Gasteiger charge is 2.23. The van der Waals surface area contributed by atoms with Gasteiger partial charge in [0.05, 0.1) is 5.41 Å². The average molecular weight is 336 g/mol. The molecule has 0 unspecified atom stereocenters. The molecule has 7 nitrogen and oxygen atoms in total. The van der Waals surface area contributed by atoms with Crippen molar-refractivity contribution in [2.45, 2.75) is 40.0 Å². The van der Waals surface area contributed by atoms with Gasteiger partial charge in [0.15, 0.2) is 0 Å². The summed E-state index contributed by atoms with van der Waals surface area (Å²) in [5.41, 5.74) is 9.58. The molecule has 1 aromatic rings. The van der Waals surface area contributed by atoms with Gasteiger partial charge in [-0.15, -0.1) is 0 Å². The van der Waals surface area contributed by atoms with Crippen LogP contribution in [0.2, 0.25) is 0 Å². The van der Waals surface area contributed by atoms with Gasteiger partial charge in [0.2, 0.25) is 5.91 Å². The standard InChI is InChI=1S/C17H28N4O3/c1-17(2,3)16(23)24-19-12-6-5-7-15(22)20-13-8-10-14(11-9-13)21-18-4/h8-11,18-19,21H,5-7,12H2,1-4H3,(H,20,22). The van der Waals surface area contributed by atoms with E-state index in [4.69, 9.17) is 4.84 Å². The summed E-state index contributed by atoms with van der Waals surface area (Å²) in [7, 11) is 1.79. The Morgan fingerprint density at radius 1 is 1.04 bits per heavy atom. The summed E-state index contributed by atoms with van der Waals surface area (Å²) in [6, 6.07) is 7.43. The minimum atomic E-state index is -0.523. The first kappa shape index (κ1) is 19.9. The number of nitrogens with one attached hydrogen (secondary N) is 4. The molecule has 4 N–H and O–H groups in total. The predicted molar refractivity (Wildman–Crippen MR) is 95.2 cm³/mol. The van der Waals surface area contributed by atoms with Gasteiger partial charge < -0.3 is 15.6 Å². The van der Waals surface area contributed by atoms with E-state index in [0.29, 0.717) is 19.4 Å². The van der Waals surface area contributed by atoms with E-state index in [2.05, 4.69) is 21.6 Å². The van der Waals surface area contributed by atoms with E-state index >= 15 is 0 Å². The zero-order chi connectivity index (χ0) is 18.0. The fourth-order valence-electron chi connectivity index (χ4n) is 1.76. The lowest BCUT2D eigenvalue weighted by molar-refractivity contribution is -0.160. The molecule has 0 saturated heterocycles. The minimum absolute atomic E-state index is 0.0315. The number of hydrazine groups is 1. The molecule has 1 rings (SSSR count). The number of carbonyl (C=O) groups excluding carboxylic acids is 2. The van der Waals surface area contributed by atoms with Crippen LogP contribution in [0.4, 0.5) is 11.4 Å². The topological polar surface area (TPSA) is 91.5 Å². The Balaban J connectivity index is 2.15. The molecule has 0 radical (unpaired) electrons. The summed E-state index contributed by atoms with van der Waals surface area (Å²) in [4.78, 5) is 28.3. The van der Waals surface area contributed by atoms with Crippen LogP contribution in [0.15, 0.2) is 24.3 Å². The summed E-state index contributed by atoms with van der Waals surface area (Å²) in [6.07, 6.45) is 1.88. The predicted octanol–water partition coefficient (Wildman–Crippen LogP) is 2.44. The Morgan fingerprint density at radius 3 is 2.25 bits per heavy atom. The van der Waals surface area contributed by atoms with Gasteiger partial charge in [-0.3, -0.25) is 4.79 Å². The largest absolute Gasteiger partial charge is 0.370 e. The molecule has 0 aliphatic rings. The van der Waals surface area contributed by atoms with Crippen molar-refractivity contribution in [1.82, 2.24) is 10.9 Å². The third kappa shape index (κ3) is 7.94. The maximum Gasteiger partial charge on any atom is 0.329 e. The van der Waals surface area contributed by atoms with Gasteiger partial charge in [-0.05, 0) is 57.9 Å². The second-order valence-electron chi connectivity index (χ2n) is 6.49. The minimum Gasteiger partial charge on any atom is -0.370 e. The van der Waals surface area contributed by atoms with Crippen molar-refractivity contribution in [2.24, 2.45) is 5.41 Å².